The van der Waals surface area contributed by atoms with E-state index in [0.29, 0.717) is 5.96 Å². The van der Waals surface area contributed by atoms with Gasteiger partial charge in [0.25, 0.3) is 0 Å². The van der Waals surface area contributed by atoms with Crippen molar-refractivity contribution in [1.82, 2.24) is 10.2 Å². The number of nitrogens with one attached hydrogen (secondary N) is 1. The highest BCUT2D eigenvalue weighted by Crippen LogP contribution is 2.15. The van der Waals surface area contributed by atoms with Crippen LogP contribution in [0.5, 0.6) is 0 Å². The molecule has 0 saturated carbocycles. The molecule has 0 atom stereocenters. The first-order valence-electron chi connectivity index (χ1n) is 9.35. The Hall–Kier alpha value is -1.75. The predicted octanol–water partition coefficient (Wildman–Crippen LogP) is 2.29. The predicted molar refractivity (Wildman–Crippen MR) is 104 cm³/mol. The Balaban J connectivity index is 1.54. The monoisotopic (exact) mass is 331 g/mol. The minimum atomic E-state index is 0.597. The SMILES string of the molecule is CCCCNC(N)=NCCCCN1CCN(c2ccccc2)CC1. The van der Waals surface area contributed by atoms with E-state index in [0.717, 1.165) is 52.1 Å². The third-order valence-corrected chi connectivity index (χ3v) is 4.49. The molecule has 0 aliphatic carbocycles. The number of hydrogen-bond donors (Lipinski definition) is 2. The molecule has 5 heteroatoms. The standard InChI is InChI=1S/C19H33N5/c1-2-3-11-21-19(20)22-12-7-8-13-23-14-16-24(17-15-23)18-9-5-4-6-10-18/h4-6,9-10H,2-3,7-8,11-17H2,1H3,(H3,20,21,22). The molecular weight excluding hydrogens is 298 g/mol. The molecule has 5 nitrogen and oxygen atoms in total. The summed E-state index contributed by atoms with van der Waals surface area (Å²) in [5.41, 5.74) is 7.18. The lowest BCUT2D eigenvalue weighted by molar-refractivity contribution is 0.253. The zero-order chi connectivity index (χ0) is 17.0. The van der Waals surface area contributed by atoms with Gasteiger partial charge >= 0.3 is 0 Å². The van der Waals surface area contributed by atoms with Gasteiger partial charge in [0.1, 0.15) is 0 Å². The van der Waals surface area contributed by atoms with Crippen molar-refractivity contribution in [2.24, 2.45) is 10.7 Å². The molecular formula is C19H33N5. The van der Waals surface area contributed by atoms with Crippen molar-refractivity contribution in [2.45, 2.75) is 32.6 Å². The molecule has 0 spiro atoms. The fraction of sp³-hybridized carbons (Fsp3) is 0.632. The molecule has 0 unspecified atom stereocenters. The first-order valence-corrected chi connectivity index (χ1v) is 9.35. The van der Waals surface area contributed by atoms with Crippen LogP contribution in [0.15, 0.2) is 35.3 Å². The van der Waals surface area contributed by atoms with Gasteiger partial charge < -0.3 is 16.0 Å². The molecule has 134 valence electrons. The Kier molecular flexibility index (Phi) is 8.46. The first-order chi connectivity index (χ1) is 11.8. The molecule has 1 aliphatic heterocycles. The number of benzene rings is 1. The van der Waals surface area contributed by atoms with Crippen molar-refractivity contribution in [3.05, 3.63) is 30.3 Å². The summed E-state index contributed by atoms with van der Waals surface area (Å²) in [5.74, 6) is 0.597. The topological polar surface area (TPSA) is 56.9 Å². The molecule has 3 N–H and O–H groups in total. The van der Waals surface area contributed by atoms with E-state index in [-0.39, 0.29) is 0 Å². The van der Waals surface area contributed by atoms with E-state index in [1.165, 1.54) is 25.1 Å². The van der Waals surface area contributed by atoms with Gasteiger partial charge in [-0.25, -0.2) is 0 Å². The highest BCUT2D eigenvalue weighted by molar-refractivity contribution is 5.77. The number of nitrogens with zero attached hydrogens (tertiary/aromatic N) is 3. The summed E-state index contributed by atoms with van der Waals surface area (Å²) < 4.78 is 0. The maximum Gasteiger partial charge on any atom is 0.188 e. The van der Waals surface area contributed by atoms with Crippen LogP contribution in [0.2, 0.25) is 0 Å². The van der Waals surface area contributed by atoms with Crippen LogP contribution in [0.25, 0.3) is 0 Å². The van der Waals surface area contributed by atoms with E-state index in [4.69, 9.17) is 5.73 Å². The zero-order valence-electron chi connectivity index (χ0n) is 15.1. The van der Waals surface area contributed by atoms with E-state index in [2.05, 4.69) is 57.4 Å². The second kappa shape index (κ2) is 10.9. The van der Waals surface area contributed by atoms with Crippen LogP contribution in [0.1, 0.15) is 32.6 Å². The van der Waals surface area contributed by atoms with Gasteiger partial charge in [-0.3, -0.25) is 9.89 Å². The number of rotatable bonds is 9. The van der Waals surface area contributed by atoms with E-state index in [1.54, 1.807) is 0 Å². The van der Waals surface area contributed by atoms with Crippen molar-refractivity contribution < 1.29 is 0 Å². The molecule has 0 radical (unpaired) electrons. The first kappa shape index (κ1) is 18.6. The van der Waals surface area contributed by atoms with Gasteiger partial charge in [0.2, 0.25) is 0 Å². The fourth-order valence-corrected chi connectivity index (χ4v) is 2.96. The molecule has 0 aromatic heterocycles. The lowest BCUT2D eigenvalue weighted by atomic mass is 10.2. The minimum absolute atomic E-state index is 0.597. The summed E-state index contributed by atoms with van der Waals surface area (Å²) in [6.45, 7) is 9.65. The van der Waals surface area contributed by atoms with Crippen molar-refractivity contribution in [1.29, 1.82) is 0 Å². The summed E-state index contributed by atoms with van der Waals surface area (Å²) in [5, 5.41) is 3.16. The maximum absolute atomic E-state index is 5.83. The summed E-state index contributed by atoms with van der Waals surface area (Å²) in [6, 6.07) is 10.7. The maximum atomic E-state index is 5.83. The van der Waals surface area contributed by atoms with Gasteiger partial charge in [-0.2, -0.15) is 0 Å². The number of para-hydroxylation sites is 1. The van der Waals surface area contributed by atoms with E-state index in [9.17, 15) is 0 Å². The number of unbranched alkanes of at least 4 members (excludes halogenated alkanes) is 2. The second-order valence-corrected chi connectivity index (χ2v) is 6.42. The molecule has 0 bridgehead atoms. The Morgan fingerprint density at radius 1 is 1.08 bits per heavy atom. The summed E-state index contributed by atoms with van der Waals surface area (Å²) >= 11 is 0. The third kappa shape index (κ3) is 6.79. The highest BCUT2D eigenvalue weighted by atomic mass is 15.3. The Morgan fingerprint density at radius 2 is 1.83 bits per heavy atom. The van der Waals surface area contributed by atoms with Gasteiger partial charge in [0, 0.05) is 45.0 Å². The molecule has 1 aliphatic rings. The molecule has 1 aromatic carbocycles. The van der Waals surface area contributed by atoms with Crippen LogP contribution in [-0.4, -0.2) is 56.7 Å². The molecule has 1 heterocycles. The fourth-order valence-electron chi connectivity index (χ4n) is 2.96. The largest absolute Gasteiger partial charge is 0.370 e. The van der Waals surface area contributed by atoms with Crippen LogP contribution in [-0.2, 0) is 0 Å². The van der Waals surface area contributed by atoms with Crippen LogP contribution >= 0.6 is 0 Å². The minimum Gasteiger partial charge on any atom is -0.370 e. The van der Waals surface area contributed by atoms with Gasteiger partial charge in [-0.15, -0.1) is 0 Å². The van der Waals surface area contributed by atoms with Crippen LogP contribution < -0.4 is 16.0 Å². The van der Waals surface area contributed by atoms with E-state index in [1.807, 2.05) is 0 Å². The summed E-state index contributed by atoms with van der Waals surface area (Å²) in [7, 11) is 0. The average Bonchev–Trinajstić information content (AvgIpc) is 2.63. The number of aliphatic imine (C=N–C) groups is 1. The molecule has 24 heavy (non-hydrogen) atoms. The molecule has 2 rings (SSSR count). The van der Waals surface area contributed by atoms with Crippen molar-refractivity contribution in [3.8, 4) is 0 Å². The van der Waals surface area contributed by atoms with Crippen molar-refractivity contribution >= 4 is 11.6 Å². The molecule has 1 saturated heterocycles. The molecule has 0 amide bonds. The Morgan fingerprint density at radius 3 is 2.54 bits per heavy atom. The zero-order valence-corrected chi connectivity index (χ0v) is 15.1. The van der Waals surface area contributed by atoms with Crippen LogP contribution in [0.4, 0.5) is 5.69 Å². The number of hydrogen-bond acceptors (Lipinski definition) is 3. The second-order valence-electron chi connectivity index (χ2n) is 6.42. The van der Waals surface area contributed by atoms with Crippen LogP contribution in [0.3, 0.4) is 0 Å². The van der Waals surface area contributed by atoms with Gasteiger partial charge in [0.05, 0.1) is 0 Å². The lowest BCUT2D eigenvalue weighted by Crippen LogP contribution is -2.46. The number of guanidine groups is 1. The average molecular weight is 332 g/mol. The number of anilines is 1. The van der Waals surface area contributed by atoms with Gasteiger partial charge in [-0.05, 0) is 37.9 Å². The van der Waals surface area contributed by atoms with Gasteiger partial charge in [0.15, 0.2) is 5.96 Å². The summed E-state index contributed by atoms with van der Waals surface area (Å²) in [4.78, 5) is 9.42. The van der Waals surface area contributed by atoms with Crippen molar-refractivity contribution in [2.75, 3.05) is 50.7 Å². The smallest absolute Gasteiger partial charge is 0.188 e. The van der Waals surface area contributed by atoms with E-state index < -0.39 is 0 Å². The quantitative estimate of drug-likeness (QED) is 0.414. The van der Waals surface area contributed by atoms with Crippen molar-refractivity contribution in [3.63, 3.8) is 0 Å². The lowest BCUT2D eigenvalue weighted by Gasteiger charge is -2.36. The third-order valence-electron chi connectivity index (χ3n) is 4.49. The number of nitrogens with two attached hydrogens (primary N) is 1. The Labute approximate surface area is 146 Å². The van der Waals surface area contributed by atoms with Crippen LogP contribution in [0, 0.1) is 0 Å². The number of piperazine rings is 1. The van der Waals surface area contributed by atoms with E-state index >= 15 is 0 Å². The normalized spacial score (nSPS) is 16.4. The summed E-state index contributed by atoms with van der Waals surface area (Å²) in [6.07, 6.45) is 4.62. The Bertz CT molecular complexity index is 466. The van der Waals surface area contributed by atoms with Gasteiger partial charge in [-0.1, -0.05) is 31.5 Å². The molecule has 1 aromatic rings. The highest BCUT2D eigenvalue weighted by Gasteiger charge is 2.16. The molecule has 1 fully saturated rings.